The van der Waals surface area contributed by atoms with Gasteiger partial charge < -0.3 is 9.84 Å². The Balaban J connectivity index is 1.49. The van der Waals surface area contributed by atoms with Crippen molar-refractivity contribution < 1.29 is 9.84 Å². The van der Waals surface area contributed by atoms with Crippen molar-refractivity contribution in [1.82, 2.24) is 9.13 Å². The number of aryl methyl sites for hydroxylation is 1. The molecule has 1 N–H and O–H groups in total. The van der Waals surface area contributed by atoms with Crippen LogP contribution in [0.3, 0.4) is 0 Å². The van der Waals surface area contributed by atoms with E-state index in [9.17, 15) is 9.90 Å². The molecule has 1 atom stereocenters. The van der Waals surface area contributed by atoms with Crippen LogP contribution in [0.2, 0.25) is 0 Å². The number of benzene rings is 3. The Morgan fingerprint density at radius 2 is 1.65 bits per heavy atom. The molecule has 0 bridgehead atoms. The molecule has 0 amide bonds. The summed E-state index contributed by atoms with van der Waals surface area (Å²) in [7, 11) is 1.74. The van der Waals surface area contributed by atoms with E-state index in [1.165, 1.54) is 0 Å². The van der Waals surface area contributed by atoms with Crippen molar-refractivity contribution in [3.05, 3.63) is 77.2 Å². The maximum atomic E-state index is 12.4. The van der Waals surface area contributed by atoms with Gasteiger partial charge in [0.15, 0.2) is 0 Å². The molecule has 0 fully saturated rings. The molecule has 1 aromatic heterocycles. The van der Waals surface area contributed by atoms with Crippen LogP contribution in [-0.2, 0) is 13.6 Å². The van der Waals surface area contributed by atoms with Crippen molar-refractivity contribution in [2.75, 3.05) is 6.61 Å². The molecular weight excluding hydrogens is 328 g/mol. The van der Waals surface area contributed by atoms with Crippen LogP contribution in [0.5, 0.6) is 5.75 Å². The number of para-hydroxylation sites is 2. The second kappa shape index (κ2) is 6.69. The highest BCUT2D eigenvalue weighted by atomic mass is 16.5. The first-order valence-corrected chi connectivity index (χ1v) is 8.57. The smallest absolute Gasteiger partial charge is 0.328 e. The molecular formula is C21H20N2O3. The number of imidazole rings is 1. The van der Waals surface area contributed by atoms with Crippen LogP contribution in [0, 0.1) is 0 Å². The van der Waals surface area contributed by atoms with Crippen LogP contribution < -0.4 is 10.4 Å². The Kier molecular flexibility index (Phi) is 4.22. The van der Waals surface area contributed by atoms with E-state index in [1.54, 1.807) is 16.2 Å². The number of aliphatic hydroxyl groups excluding tert-OH is 1. The molecule has 0 aliphatic rings. The zero-order chi connectivity index (χ0) is 18.1. The molecule has 132 valence electrons. The third kappa shape index (κ3) is 2.97. The minimum absolute atomic E-state index is 0.119. The number of fused-ring (bicyclic) bond motifs is 2. The zero-order valence-electron chi connectivity index (χ0n) is 14.5. The van der Waals surface area contributed by atoms with Crippen LogP contribution in [0.15, 0.2) is 71.5 Å². The highest BCUT2D eigenvalue weighted by molar-refractivity contribution is 5.83. The lowest BCUT2D eigenvalue weighted by Gasteiger charge is -2.13. The minimum Gasteiger partial charge on any atom is -0.491 e. The third-order valence-electron chi connectivity index (χ3n) is 4.61. The summed E-state index contributed by atoms with van der Waals surface area (Å²) < 4.78 is 8.91. The van der Waals surface area contributed by atoms with Gasteiger partial charge in [-0.25, -0.2) is 4.79 Å². The Morgan fingerprint density at radius 1 is 0.962 bits per heavy atom. The van der Waals surface area contributed by atoms with Crippen molar-refractivity contribution in [2.45, 2.75) is 12.6 Å². The molecule has 3 aromatic carbocycles. The molecule has 5 nitrogen and oxygen atoms in total. The van der Waals surface area contributed by atoms with Gasteiger partial charge in [0.25, 0.3) is 0 Å². The summed E-state index contributed by atoms with van der Waals surface area (Å²) >= 11 is 0. The number of nitrogens with zero attached hydrogens (tertiary/aromatic N) is 2. The normalized spacial score (nSPS) is 12.5. The van der Waals surface area contributed by atoms with Gasteiger partial charge in [-0.15, -0.1) is 0 Å². The third-order valence-corrected chi connectivity index (χ3v) is 4.61. The first-order valence-electron chi connectivity index (χ1n) is 8.57. The summed E-state index contributed by atoms with van der Waals surface area (Å²) in [4.78, 5) is 12.4. The Morgan fingerprint density at radius 3 is 2.46 bits per heavy atom. The zero-order valence-corrected chi connectivity index (χ0v) is 14.5. The number of rotatable bonds is 5. The van der Waals surface area contributed by atoms with Gasteiger partial charge in [0.1, 0.15) is 18.5 Å². The van der Waals surface area contributed by atoms with Crippen LogP contribution in [-0.4, -0.2) is 27.0 Å². The molecule has 1 heterocycles. The van der Waals surface area contributed by atoms with Crippen LogP contribution in [0.25, 0.3) is 21.8 Å². The number of aromatic nitrogens is 2. The molecule has 0 saturated carbocycles. The van der Waals surface area contributed by atoms with Crippen LogP contribution in [0.1, 0.15) is 0 Å². The van der Waals surface area contributed by atoms with E-state index in [1.807, 2.05) is 66.7 Å². The van der Waals surface area contributed by atoms with E-state index in [-0.39, 0.29) is 18.8 Å². The summed E-state index contributed by atoms with van der Waals surface area (Å²) in [5.74, 6) is 0.702. The lowest BCUT2D eigenvalue weighted by atomic mass is 10.1. The summed E-state index contributed by atoms with van der Waals surface area (Å²) in [5.41, 5.74) is 1.51. The van der Waals surface area contributed by atoms with E-state index in [4.69, 9.17) is 4.74 Å². The van der Waals surface area contributed by atoms with E-state index in [0.29, 0.717) is 5.75 Å². The van der Waals surface area contributed by atoms with E-state index in [0.717, 1.165) is 21.8 Å². The molecule has 0 aliphatic carbocycles. The quantitative estimate of drug-likeness (QED) is 0.603. The van der Waals surface area contributed by atoms with Gasteiger partial charge in [0.05, 0.1) is 17.6 Å². The maximum Gasteiger partial charge on any atom is 0.328 e. The predicted octanol–water partition coefficient (Wildman–Crippen LogP) is 2.93. The largest absolute Gasteiger partial charge is 0.491 e. The standard InChI is InChI=1S/C21H20N2O3/c1-22-19-8-4-5-9-20(19)23(21(22)25)13-17(24)14-26-18-11-10-15-6-2-3-7-16(15)12-18/h2-12,17,24H,13-14H2,1H3. The van der Waals surface area contributed by atoms with Crippen molar-refractivity contribution in [1.29, 1.82) is 0 Å². The van der Waals surface area contributed by atoms with Crippen molar-refractivity contribution in [3.63, 3.8) is 0 Å². The van der Waals surface area contributed by atoms with Crippen molar-refractivity contribution >= 4 is 21.8 Å². The average molecular weight is 348 g/mol. The average Bonchev–Trinajstić information content (AvgIpc) is 2.91. The van der Waals surface area contributed by atoms with E-state index in [2.05, 4.69) is 0 Å². The molecule has 1 unspecified atom stereocenters. The number of hydrogen-bond donors (Lipinski definition) is 1. The second-order valence-electron chi connectivity index (χ2n) is 6.41. The number of aliphatic hydroxyl groups is 1. The highest BCUT2D eigenvalue weighted by Gasteiger charge is 2.14. The van der Waals surface area contributed by atoms with Gasteiger partial charge in [0.2, 0.25) is 0 Å². The molecule has 0 radical (unpaired) electrons. The summed E-state index contributed by atoms with van der Waals surface area (Å²) in [6.45, 7) is 0.307. The lowest BCUT2D eigenvalue weighted by molar-refractivity contribution is 0.0926. The molecule has 26 heavy (non-hydrogen) atoms. The van der Waals surface area contributed by atoms with Crippen molar-refractivity contribution in [3.8, 4) is 5.75 Å². The molecule has 4 rings (SSSR count). The van der Waals surface area contributed by atoms with Crippen LogP contribution >= 0.6 is 0 Å². The fourth-order valence-corrected chi connectivity index (χ4v) is 3.25. The van der Waals surface area contributed by atoms with Gasteiger partial charge >= 0.3 is 5.69 Å². The summed E-state index contributed by atoms with van der Waals surface area (Å²) in [6.07, 6.45) is -0.787. The Labute approximate surface area is 150 Å². The van der Waals surface area contributed by atoms with E-state index < -0.39 is 6.10 Å². The monoisotopic (exact) mass is 348 g/mol. The van der Waals surface area contributed by atoms with E-state index >= 15 is 0 Å². The molecule has 0 spiro atoms. The predicted molar refractivity (Wildman–Crippen MR) is 103 cm³/mol. The Hall–Kier alpha value is -3.05. The topological polar surface area (TPSA) is 56.4 Å². The highest BCUT2D eigenvalue weighted by Crippen LogP contribution is 2.20. The van der Waals surface area contributed by atoms with Gasteiger partial charge in [-0.05, 0) is 35.0 Å². The fraction of sp³-hybridized carbons (Fsp3) is 0.190. The molecule has 0 saturated heterocycles. The molecule has 5 heteroatoms. The molecule has 4 aromatic rings. The number of ether oxygens (including phenoxy) is 1. The van der Waals surface area contributed by atoms with Gasteiger partial charge in [-0.3, -0.25) is 9.13 Å². The van der Waals surface area contributed by atoms with Gasteiger partial charge in [-0.1, -0.05) is 42.5 Å². The second-order valence-corrected chi connectivity index (χ2v) is 6.41. The maximum absolute atomic E-state index is 12.4. The molecule has 0 aliphatic heterocycles. The van der Waals surface area contributed by atoms with Crippen LogP contribution in [0.4, 0.5) is 0 Å². The fourth-order valence-electron chi connectivity index (χ4n) is 3.25. The van der Waals surface area contributed by atoms with Crippen molar-refractivity contribution in [2.24, 2.45) is 7.05 Å². The first-order chi connectivity index (χ1) is 12.6. The number of hydrogen-bond acceptors (Lipinski definition) is 3. The summed E-state index contributed by atoms with van der Waals surface area (Å²) in [6, 6.07) is 21.4. The Bertz CT molecular complexity index is 1130. The summed E-state index contributed by atoms with van der Waals surface area (Å²) in [5, 5.41) is 12.6. The van der Waals surface area contributed by atoms with Gasteiger partial charge in [0, 0.05) is 7.05 Å². The SMILES string of the molecule is Cn1c(=O)n(CC(O)COc2ccc3ccccc3c2)c2ccccc21. The first kappa shape index (κ1) is 16.4. The lowest BCUT2D eigenvalue weighted by Crippen LogP contribution is -2.30. The van der Waals surface area contributed by atoms with Gasteiger partial charge in [-0.2, -0.15) is 0 Å². The minimum atomic E-state index is -0.787.